The van der Waals surface area contributed by atoms with Crippen LogP contribution in [-0.4, -0.2) is 28.8 Å². The fraction of sp³-hybridized carbons (Fsp3) is 0.100. The molecule has 0 aliphatic rings. The van der Waals surface area contributed by atoms with Crippen molar-refractivity contribution in [3.8, 4) is 33.8 Å². The Kier molecular flexibility index (Phi) is 3.93. The van der Waals surface area contributed by atoms with Gasteiger partial charge in [0.25, 0.3) is 0 Å². The predicted octanol–water partition coefficient (Wildman–Crippen LogP) is 3.66. The summed E-state index contributed by atoms with van der Waals surface area (Å²) in [6, 6.07) is 15.6. The Morgan fingerprint density at radius 3 is 2.35 bits per heavy atom. The van der Waals surface area contributed by atoms with Crippen LogP contribution in [0.5, 0.6) is 11.5 Å². The zero-order valence-electron chi connectivity index (χ0n) is 14.5. The number of nitrogens with zero attached hydrogens (tertiary/aromatic N) is 3. The lowest BCUT2D eigenvalue weighted by Gasteiger charge is -2.11. The number of fused-ring (bicyclic) bond motifs is 1. The number of ether oxygens (including phenoxy) is 2. The predicted molar refractivity (Wildman–Crippen MR) is 101 cm³/mol. The maximum absolute atomic E-state index is 6.39. The molecule has 130 valence electrons. The number of nitrogen functional groups attached to an aromatic ring is 1. The molecule has 6 nitrogen and oxygen atoms in total. The second kappa shape index (κ2) is 6.40. The summed E-state index contributed by atoms with van der Waals surface area (Å²) in [7, 11) is 3.21. The van der Waals surface area contributed by atoms with Gasteiger partial charge in [-0.15, -0.1) is 0 Å². The van der Waals surface area contributed by atoms with Gasteiger partial charge in [-0.3, -0.25) is 0 Å². The highest BCUT2D eigenvalue weighted by atomic mass is 16.5. The molecule has 0 spiro atoms. The third kappa shape index (κ3) is 2.52. The molecule has 0 saturated heterocycles. The van der Waals surface area contributed by atoms with Crippen LogP contribution in [0.1, 0.15) is 0 Å². The summed E-state index contributed by atoms with van der Waals surface area (Å²) in [5, 5.41) is 4.43. The van der Waals surface area contributed by atoms with Crippen LogP contribution < -0.4 is 15.2 Å². The molecular weight excluding hydrogens is 328 g/mol. The van der Waals surface area contributed by atoms with Crippen LogP contribution >= 0.6 is 0 Å². The number of nitrogens with two attached hydrogens (primary N) is 1. The summed E-state index contributed by atoms with van der Waals surface area (Å²) in [6.07, 6.45) is 3.55. The van der Waals surface area contributed by atoms with Crippen LogP contribution in [0.15, 0.2) is 60.9 Å². The standard InChI is InChI=1S/C20H18N4O2/c1-25-17-9-8-14(10-18(17)26-2)15-11-22-20-16(12-23-24(20)19(15)21)13-6-4-3-5-7-13/h3-12H,21H2,1-2H3. The molecule has 2 N–H and O–H groups in total. The van der Waals surface area contributed by atoms with Crippen LogP contribution in [0.25, 0.3) is 27.9 Å². The zero-order chi connectivity index (χ0) is 18.1. The zero-order valence-corrected chi connectivity index (χ0v) is 14.5. The lowest BCUT2D eigenvalue weighted by molar-refractivity contribution is 0.355. The second-order valence-electron chi connectivity index (χ2n) is 5.79. The highest BCUT2D eigenvalue weighted by Gasteiger charge is 2.15. The van der Waals surface area contributed by atoms with Crippen LogP contribution in [0.2, 0.25) is 0 Å². The molecule has 2 aromatic heterocycles. The molecule has 4 aromatic rings. The molecule has 0 atom stereocenters. The van der Waals surface area contributed by atoms with Crippen molar-refractivity contribution < 1.29 is 9.47 Å². The Balaban J connectivity index is 1.85. The van der Waals surface area contributed by atoms with Gasteiger partial charge in [0.05, 0.1) is 20.4 Å². The first kappa shape index (κ1) is 16.0. The van der Waals surface area contributed by atoms with Gasteiger partial charge >= 0.3 is 0 Å². The van der Waals surface area contributed by atoms with Crippen molar-refractivity contribution in [2.24, 2.45) is 0 Å². The van der Waals surface area contributed by atoms with Gasteiger partial charge in [0.15, 0.2) is 17.1 Å². The third-order valence-electron chi connectivity index (χ3n) is 4.34. The minimum absolute atomic E-state index is 0.518. The van der Waals surface area contributed by atoms with Crippen LogP contribution in [0.3, 0.4) is 0 Å². The van der Waals surface area contributed by atoms with Gasteiger partial charge in [0.1, 0.15) is 5.82 Å². The van der Waals surface area contributed by atoms with E-state index in [1.165, 1.54) is 0 Å². The summed E-state index contributed by atoms with van der Waals surface area (Å²) in [6.45, 7) is 0. The van der Waals surface area contributed by atoms with Crippen molar-refractivity contribution in [2.45, 2.75) is 0 Å². The summed E-state index contributed by atoms with van der Waals surface area (Å²) in [5.41, 5.74) is 10.8. The maximum Gasteiger partial charge on any atom is 0.165 e. The normalized spacial score (nSPS) is 10.8. The molecule has 4 rings (SSSR count). The van der Waals surface area contributed by atoms with E-state index in [1.807, 2.05) is 48.5 Å². The molecule has 0 unspecified atom stereocenters. The lowest BCUT2D eigenvalue weighted by Crippen LogP contribution is -2.03. The quantitative estimate of drug-likeness (QED) is 0.610. The summed E-state index contributed by atoms with van der Waals surface area (Å²) < 4.78 is 12.3. The van der Waals surface area contributed by atoms with Crippen LogP contribution in [0, 0.1) is 0 Å². The van der Waals surface area contributed by atoms with E-state index >= 15 is 0 Å². The van der Waals surface area contributed by atoms with Gasteiger partial charge in [0, 0.05) is 17.3 Å². The number of hydrogen-bond acceptors (Lipinski definition) is 5. The molecule has 2 heterocycles. The van der Waals surface area contributed by atoms with E-state index in [2.05, 4.69) is 10.1 Å². The Labute approximate surface area is 150 Å². The van der Waals surface area contributed by atoms with E-state index in [0.717, 1.165) is 27.9 Å². The first-order valence-corrected chi connectivity index (χ1v) is 8.13. The van der Waals surface area contributed by atoms with E-state index in [9.17, 15) is 0 Å². The van der Waals surface area contributed by atoms with Crippen molar-refractivity contribution in [3.05, 3.63) is 60.9 Å². The highest BCUT2D eigenvalue weighted by Crippen LogP contribution is 2.35. The number of rotatable bonds is 4. The molecule has 0 aliphatic heterocycles. The number of methoxy groups -OCH3 is 2. The lowest BCUT2D eigenvalue weighted by atomic mass is 10.1. The molecule has 0 fully saturated rings. The van der Waals surface area contributed by atoms with E-state index in [-0.39, 0.29) is 0 Å². The molecule has 2 aromatic carbocycles. The SMILES string of the molecule is COc1ccc(-c2cnc3c(-c4ccccc4)cnn3c2N)cc1OC. The molecular formula is C20H18N4O2. The van der Waals surface area contributed by atoms with Gasteiger partial charge in [-0.25, -0.2) is 4.98 Å². The molecule has 0 bridgehead atoms. The minimum Gasteiger partial charge on any atom is -0.493 e. The molecule has 0 saturated carbocycles. The van der Waals surface area contributed by atoms with Gasteiger partial charge < -0.3 is 15.2 Å². The fourth-order valence-corrected chi connectivity index (χ4v) is 3.00. The van der Waals surface area contributed by atoms with Crippen LogP contribution in [0.4, 0.5) is 5.82 Å². The fourth-order valence-electron chi connectivity index (χ4n) is 3.00. The Bertz CT molecular complexity index is 1070. The van der Waals surface area contributed by atoms with Gasteiger partial charge in [-0.2, -0.15) is 9.61 Å². The van der Waals surface area contributed by atoms with Crippen molar-refractivity contribution in [3.63, 3.8) is 0 Å². The number of hydrogen-bond donors (Lipinski definition) is 1. The van der Waals surface area contributed by atoms with Crippen LogP contribution in [-0.2, 0) is 0 Å². The number of anilines is 1. The molecule has 0 radical (unpaired) electrons. The van der Waals surface area contributed by atoms with E-state index in [4.69, 9.17) is 15.2 Å². The maximum atomic E-state index is 6.39. The Morgan fingerprint density at radius 2 is 1.62 bits per heavy atom. The van der Waals surface area contributed by atoms with Crippen molar-refractivity contribution in [1.29, 1.82) is 0 Å². The molecule has 26 heavy (non-hydrogen) atoms. The van der Waals surface area contributed by atoms with E-state index < -0.39 is 0 Å². The van der Waals surface area contributed by atoms with E-state index in [0.29, 0.717) is 17.3 Å². The molecule has 6 heteroatoms. The average Bonchev–Trinajstić information content (AvgIpc) is 3.13. The first-order valence-electron chi connectivity index (χ1n) is 8.13. The molecule has 0 amide bonds. The van der Waals surface area contributed by atoms with Crippen molar-refractivity contribution in [2.75, 3.05) is 20.0 Å². The van der Waals surface area contributed by atoms with Crippen molar-refractivity contribution in [1.82, 2.24) is 14.6 Å². The van der Waals surface area contributed by atoms with Gasteiger partial charge in [-0.1, -0.05) is 36.4 Å². The van der Waals surface area contributed by atoms with Gasteiger partial charge in [-0.05, 0) is 23.3 Å². The summed E-state index contributed by atoms with van der Waals surface area (Å²) >= 11 is 0. The topological polar surface area (TPSA) is 74.7 Å². The highest BCUT2D eigenvalue weighted by molar-refractivity contribution is 5.82. The van der Waals surface area contributed by atoms with Crippen molar-refractivity contribution >= 4 is 11.5 Å². The smallest absolute Gasteiger partial charge is 0.165 e. The first-order chi connectivity index (χ1) is 12.7. The Morgan fingerprint density at radius 1 is 0.846 bits per heavy atom. The average molecular weight is 346 g/mol. The third-order valence-corrected chi connectivity index (χ3v) is 4.34. The van der Waals surface area contributed by atoms with E-state index in [1.54, 1.807) is 31.1 Å². The van der Waals surface area contributed by atoms with Gasteiger partial charge in [0.2, 0.25) is 0 Å². The Hall–Kier alpha value is -3.54. The molecule has 0 aliphatic carbocycles. The largest absolute Gasteiger partial charge is 0.493 e. The minimum atomic E-state index is 0.518. The second-order valence-corrected chi connectivity index (χ2v) is 5.79. The summed E-state index contributed by atoms with van der Waals surface area (Å²) in [4.78, 5) is 4.60. The number of aromatic nitrogens is 3. The monoisotopic (exact) mass is 346 g/mol. The number of benzene rings is 2. The summed E-state index contributed by atoms with van der Waals surface area (Å²) in [5.74, 6) is 1.81.